The Bertz CT molecular complexity index is 1540. The molecule has 1 saturated heterocycles. The highest BCUT2D eigenvalue weighted by molar-refractivity contribution is 6.32. The maximum absolute atomic E-state index is 13.9. The Kier molecular flexibility index (Phi) is 10.1. The Hall–Kier alpha value is -3.75. The Morgan fingerprint density at radius 1 is 1.05 bits per heavy atom. The molecule has 2 heterocycles. The maximum Gasteiger partial charge on any atom is 0.312 e. The lowest BCUT2D eigenvalue weighted by Gasteiger charge is -2.40. The highest BCUT2D eigenvalue weighted by atomic mass is 35.5. The van der Waals surface area contributed by atoms with Crippen molar-refractivity contribution in [3.8, 4) is 11.5 Å². The predicted molar refractivity (Wildman–Crippen MR) is 162 cm³/mol. The molecule has 0 aliphatic carbocycles. The third kappa shape index (κ3) is 7.61. The number of fused-ring (bicyclic) bond motifs is 1. The second-order valence-corrected chi connectivity index (χ2v) is 11.3. The number of carbonyl (C=O) groups excluding carboxylic acids is 1. The number of benzene rings is 3. The van der Waals surface area contributed by atoms with E-state index in [2.05, 4.69) is 9.88 Å². The lowest BCUT2D eigenvalue weighted by atomic mass is 9.74. The Morgan fingerprint density at radius 3 is 2.60 bits per heavy atom. The minimum atomic E-state index is -0.645. The van der Waals surface area contributed by atoms with E-state index >= 15 is 0 Å². The Morgan fingerprint density at radius 2 is 1.84 bits per heavy atom. The number of nitrogens with zero attached hydrogens (tertiary/aromatic N) is 2. The number of methoxy groups -OCH3 is 1. The van der Waals surface area contributed by atoms with E-state index in [-0.39, 0.29) is 24.9 Å². The van der Waals surface area contributed by atoms with Gasteiger partial charge in [0.25, 0.3) is 0 Å². The number of hydrogen-bond acceptors (Lipinski definition) is 6. The van der Waals surface area contributed by atoms with Crippen LogP contribution in [0.3, 0.4) is 0 Å². The third-order valence-corrected chi connectivity index (χ3v) is 8.56. The molecule has 226 valence electrons. The molecule has 0 spiro atoms. The minimum Gasteiger partial charge on any atom is -0.497 e. The summed E-state index contributed by atoms with van der Waals surface area (Å²) in [5, 5.41) is 1.53. The van der Waals surface area contributed by atoms with Gasteiger partial charge in [0.2, 0.25) is 0 Å². The van der Waals surface area contributed by atoms with Gasteiger partial charge in [0.15, 0.2) is 11.6 Å². The van der Waals surface area contributed by atoms with Crippen molar-refractivity contribution in [2.45, 2.75) is 38.7 Å². The Balaban J connectivity index is 1.25. The summed E-state index contributed by atoms with van der Waals surface area (Å²) in [7, 11) is 1.63. The van der Waals surface area contributed by atoms with Crippen LogP contribution in [0.15, 0.2) is 72.9 Å². The van der Waals surface area contributed by atoms with Crippen LogP contribution in [-0.4, -0.2) is 49.2 Å². The summed E-state index contributed by atoms with van der Waals surface area (Å²) in [5.41, 5.74) is 2.12. The molecular formula is C34H35ClF2N2O4. The summed E-state index contributed by atoms with van der Waals surface area (Å²) in [6, 6.07) is 18.6. The number of aryl methyl sites for hydroxylation is 1. The van der Waals surface area contributed by atoms with Gasteiger partial charge in [-0.25, -0.2) is 8.78 Å². The van der Waals surface area contributed by atoms with E-state index in [0.29, 0.717) is 50.3 Å². The number of esters is 1. The molecule has 0 radical (unpaired) electrons. The van der Waals surface area contributed by atoms with Crippen LogP contribution >= 0.6 is 11.6 Å². The highest BCUT2D eigenvalue weighted by Crippen LogP contribution is 2.39. The number of piperidine rings is 1. The monoisotopic (exact) mass is 608 g/mol. The van der Waals surface area contributed by atoms with Crippen LogP contribution in [0, 0.1) is 17.0 Å². The first-order chi connectivity index (χ1) is 20.9. The first-order valence-corrected chi connectivity index (χ1v) is 14.9. The molecule has 43 heavy (non-hydrogen) atoms. The summed E-state index contributed by atoms with van der Waals surface area (Å²) in [5.74, 6) is -0.707. The van der Waals surface area contributed by atoms with E-state index in [1.807, 2.05) is 48.5 Å². The van der Waals surface area contributed by atoms with Crippen LogP contribution in [0.1, 0.15) is 36.8 Å². The summed E-state index contributed by atoms with van der Waals surface area (Å²) >= 11 is 6.61. The number of ether oxygens (including phenoxy) is 3. The highest BCUT2D eigenvalue weighted by Gasteiger charge is 2.42. The van der Waals surface area contributed by atoms with E-state index in [1.165, 1.54) is 0 Å². The molecule has 1 aliphatic heterocycles. The molecule has 0 bridgehead atoms. The normalized spacial score (nSPS) is 14.9. The second kappa shape index (κ2) is 14.1. The fourth-order valence-corrected chi connectivity index (χ4v) is 5.94. The predicted octanol–water partition coefficient (Wildman–Crippen LogP) is 7.40. The summed E-state index contributed by atoms with van der Waals surface area (Å²) < 4.78 is 44.2. The van der Waals surface area contributed by atoms with Crippen LogP contribution in [0.2, 0.25) is 5.02 Å². The number of rotatable bonds is 12. The molecule has 4 aromatic rings. The minimum absolute atomic E-state index is 0.101. The summed E-state index contributed by atoms with van der Waals surface area (Å²) in [6.07, 6.45) is 4.96. The van der Waals surface area contributed by atoms with Crippen molar-refractivity contribution < 1.29 is 27.8 Å². The average Bonchev–Trinajstić information content (AvgIpc) is 3.03. The largest absolute Gasteiger partial charge is 0.497 e. The fraction of sp³-hybridized carbons (Fsp3) is 0.353. The van der Waals surface area contributed by atoms with E-state index in [1.54, 1.807) is 13.3 Å². The maximum atomic E-state index is 13.9. The first-order valence-electron chi connectivity index (χ1n) is 14.5. The van der Waals surface area contributed by atoms with Gasteiger partial charge in [-0.1, -0.05) is 41.9 Å². The van der Waals surface area contributed by atoms with Gasteiger partial charge in [-0.05, 0) is 86.7 Å². The quantitative estimate of drug-likeness (QED) is 0.156. The molecule has 3 aromatic carbocycles. The van der Waals surface area contributed by atoms with Gasteiger partial charge in [-0.2, -0.15) is 0 Å². The molecule has 0 N–H and O–H groups in total. The molecule has 1 aliphatic rings. The smallest absolute Gasteiger partial charge is 0.312 e. The van der Waals surface area contributed by atoms with Crippen LogP contribution in [0.25, 0.3) is 10.9 Å². The number of halogens is 3. The van der Waals surface area contributed by atoms with Crippen molar-refractivity contribution in [1.29, 1.82) is 0 Å². The number of pyridine rings is 1. The topological polar surface area (TPSA) is 60.9 Å². The van der Waals surface area contributed by atoms with Crippen LogP contribution < -0.4 is 9.47 Å². The molecule has 0 unspecified atom stereocenters. The number of carbonyl (C=O) groups is 1. The lowest BCUT2D eigenvalue weighted by Crippen LogP contribution is -2.46. The summed E-state index contributed by atoms with van der Waals surface area (Å²) in [6.45, 7) is 2.28. The van der Waals surface area contributed by atoms with Crippen molar-refractivity contribution in [3.63, 3.8) is 0 Å². The molecule has 0 saturated carbocycles. The van der Waals surface area contributed by atoms with E-state index in [9.17, 15) is 13.6 Å². The van der Waals surface area contributed by atoms with Crippen molar-refractivity contribution in [2.75, 3.05) is 33.4 Å². The van der Waals surface area contributed by atoms with Crippen LogP contribution in [-0.2, 0) is 22.6 Å². The van der Waals surface area contributed by atoms with E-state index in [4.69, 9.17) is 25.8 Å². The van der Waals surface area contributed by atoms with Crippen LogP contribution in [0.4, 0.5) is 8.78 Å². The fourth-order valence-electron chi connectivity index (χ4n) is 5.70. The van der Waals surface area contributed by atoms with Gasteiger partial charge in [-0.3, -0.25) is 14.7 Å². The third-order valence-electron chi connectivity index (χ3n) is 8.23. The van der Waals surface area contributed by atoms with Gasteiger partial charge >= 0.3 is 5.97 Å². The van der Waals surface area contributed by atoms with E-state index in [0.717, 1.165) is 52.4 Å². The van der Waals surface area contributed by atoms with E-state index < -0.39 is 17.0 Å². The SMILES string of the molecule is COc1ccc2ncc(Cl)c(CCCC3(C(=O)OCc4ccccc4)CCN(CCOc4cc(F)ccc4F)CC3)c2c1. The zero-order valence-electron chi connectivity index (χ0n) is 24.2. The van der Waals surface area contributed by atoms with Crippen LogP contribution in [0.5, 0.6) is 11.5 Å². The molecule has 0 atom stereocenters. The molecule has 9 heteroatoms. The molecule has 6 nitrogen and oxygen atoms in total. The molecule has 1 aromatic heterocycles. The molecule has 5 rings (SSSR count). The van der Waals surface area contributed by atoms with Crippen molar-refractivity contribution in [3.05, 3.63) is 101 Å². The second-order valence-electron chi connectivity index (χ2n) is 10.9. The van der Waals surface area contributed by atoms with Gasteiger partial charge in [0, 0.05) is 24.2 Å². The van der Waals surface area contributed by atoms with Gasteiger partial charge < -0.3 is 14.2 Å². The Labute approximate surface area is 255 Å². The van der Waals surface area contributed by atoms with Crippen molar-refractivity contribution in [2.24, 2.45) is 5.41 Å². The van der Waals surface area contributed by atoms with Crippen molar-refractivity contribution >= 4 is 28.5 Å². The zero-order valence-corrected chi connectivity index (χ0v) is 24.9. The lowest BCUT2D eigenvalue weighted by molar-refractivity contribution is -0.161. The average molecular weight is 609 g/mol. The molecule has 1 fully saturated rings. The number of aromatic nitrogens is 1. The van der Waals surface area contributed by atoms with Gasteiger partial charge in [0.05, 0.1) is 23.1 Å². The molecular weight excluding hydrogens is 574 g/mol. The standard InChI is InChI=1S/C34H35ClF2N2O4/c1-41-26-10-12-31-28(21-26)27(29(35)22-38-31)8-5-13-34(33(40)43-23-24-6-3-2-4-7-24)14-16-39(17-15-34)18-19-42-32-20-25(36)9-11-30(32)37/h2-4,6-7,9-12,20-22H,5,8,13-19,23H2,1H3. The number of hydrogen-bond donors (Lipinski definition) is 0. The first kappa shape index (κ1) is 30.7. The summed E-state index contributed by atoms with van der Waals surface area (Å²) in [4.78, 5) is 20.3. The zero-order chi connectivity index (χ0) is 30.2. The molecule has 0 amide bonds. The number of likely N-dealkylation sites (tertiary alicyclic amines) is 1. The van der Waals surface area contributed by atoms with Gasteiger partial charge in [-0.15, -0.1) is 0 Å². The van der Waals surface area contributed by atoms with Crippen molar-refractivity contribution in [1.82, 2.24) is 9.88 Å². The van der Waals surface area contributed by atoms with Gasteiger partial charge in [0.1, 0.15) is 24.8 Å².